The van der Waals surface area contributed by atoms with Crippen LogP contribution in [0.1, 0.15) is 28.8 Å². The van der Waals surface area contributed by atoms with Gasteiger partial charge in [0.15, 0.2) is 0 Å². The normalized spacial score (nSPS) is 16.7. The number of carbonyl (C=O) groups excluding carboxylic acids is 1. The van der Waals surface area contributed by atoms with Crippen LogP contribution in [-0.4, -0.2) is 34.5 Å². The molecule has 0 unspecified atom stereocenters. The van der Waals surface area contributed by atoms with E-state index in [0.717, 1.165) is 5.56 Å². The Morgan fingerprint density at radius 3 is 2.76 bits per heavy atom. The van der Waals surface area contributed by atoms with E-state index in [0.29, 0.717) is 30.7 Å². The van der Waals surface area contributed by atoms with Crippen molar-refractivity contribution in [2.45, 2.75) is 25.5 Å². The Balaban J connectivity index is 1.70. The summed E-state index contributed by atoms with van der Waals surface area (Å²) >= 11 is 0. The van der Waals surface area contributed by atoms with Crippen LogP contribution in [0.3, 0.4) is 0 Å². The molecule has 0 aliphatic carbocycles. The molecule has 1 aliphatic rings. The first-order chi connectivity index (χ1) is 12.0. The van der Waals surface area contributed by atoms with Gasteiger partial charge in [0, 0.05) is 18.2 Å². The summed E-state index contributed by atoms with van der Waals surface area (Å²) < 4.78 is 18.7. The summed E-state index contributed by atoms with van der Waals surface area (Å²) in [5.41, 5.74) is 1.18. The quantitative estimate of drug-likeness (QED) is 0.906. The minimum absolute atomic E-state index is 0.187. The highest BCUT2D eigenvalue weighted by Gasteiger charge is 2.34. The molecule has 6 heteroatoms. The predicted molar refractivity (Wildman–Crippen MR) is 88.9 cm³/mol. The van der Waals surface area contributed by atoms with E-state index < -0.39 is 12.0 Å². The Hall–Kier alpha value is -2.89. The molecule has 0 bridgehead atoms. The third-order valence-corrected chi connectivity index (χ3v) is 4.17. The summed E-state index contributed by atoms with van der Waals surface area (Å²) in [6.07, 6.45) is 1.16. The zero-order chi connectivity index (χ0) is 17.8. The molecule has 2 aromatic carbocycles. The summed E-state index contributed by atoms with van der Waals surface area (Å²) in [7, 11) is 0. The molecule has 1 N–H and O–H groups in total. The molecule has 0 aromatic heterocycles. The average Bonchev–Trinajstić information content (AvgIpc) is 3.10. The van der Waals surface area contributed by atoms with Gasteiger partial charge in [0.25, 0.3) is 5.91 Å². The molecule has 1 aliphatic heterocycles. The van der Waals surface area contributed by atoms with Crippen LogP contribution < -0.4 is 4.74 Å². The molecular weight excluding hydrogens is 325 g/mol. The predicted octanol–water partition coefficient (Wildman–Crippen LogP) is 3.09. The van der Waals surface area contributed by atoms with E-state index in [1.165, 1.54) is 17.0 Å². The maximum absolute atomic E-state index is 13.2. The molecule has 1 heterocycles. The van der Waals surface area contributed by atoms with Crippen LogP contribution in [-0.2, 0) is 11.4 Å². The molecule has 3 rings (SSSR count). The lowest BCUT2D eigenvalue weighted by atomic mass is 10.1. The number of hydrogen-bond donors (Lipinski definition) is 1. The van der Waals surface area contributed by atoms with Crippen molar-refractivity contribution < 1.29 is 23.8 Å². The number of carbonyl (C=O) groups is 2. The third-order valence-electron chi connectivity index (χ3n) is 4.17. The first kappa shape index (κ1) is 17.0. The Kier molecular flexibility index (Phi) is 4.97. The molecule has 0 radical (unpaired) electrons. The lowest BCUT2D eigenvalue weighted by Crippen LogP contribution is -2.40. The van der Waals surface area contributed by atoms with Gasteiger partial charge in [-0.15, -0.1) is 0 Å². The number of aliphatic carboxylic acids is 1. The van der Waals surface area contributed by atoms with Crippen molar-refractivity contribution in [3.63, 3.8) is 0 Å². The van der Waals surface area contributed by atoms with Gasteiger partial charge in [0.2, 0.25) is 0 Å². The standard InChI is InChI=1S/C19H18FNO4/c20-15-6-2-7-16(11-15)25-12-13-4-1-5-14(10-13)18(22)21-9-3-8-17(21)19(23)24/h1-2,4-7,10-11,17H,3,8-9,12H2,(H,23,24)/t17-/m1/s1. The second kappa shape index (κ2) is 7.34. The monoisotopic (exact) mass is 343 g/mol. The van der Waals surface area contributed by atoms with Crippen LogP contribution in [0, 0.1) is 5.82 Å². The lowest BCUT2D eigenvalue weighted by Gasteiger charge is -2.21. The van der Waals surface area contributed by atoms with Gasteiger partial charge in [-0.3, -0.25) is 4.79 Å². The summed E-state index contributed by atoms with van der Waals surface area (Å²) in [6.45, 7) is 0.632. The molecule has 2 aromatic rings. The second-order valence-electron chi connectivity index (χ2n) is 5.94. The topological polar surface area (TPSA) is 66.8 Å². The number of benzene rings is 2. The van der Waals surface area contributed by atoms with Gasteiger partial charge in [-0.2, -0.15) is 0 Å². The van der Waals surface area contributed by atoms with E-state index in [4.69, 9.17) is 4.74 Å². The van der Waals surface area contributed by atoms with E-state index in [1.54, 1.807) is 36.4 Å². The van der Waals surface area contributed by atoms with Gasteiger partial charge in [-0.05, 0) is 42.7 Å². The van der Waals surface area contributed by atoms with Crippen LogP contribution in [0.15, 0.2) is 48.5 Å². The number of nitrogens with zero attached hydrogens (tertiary/aromatic N) is 1. The summed E-state index contributed by atoms with van der Waals surface area (Å²) in [4.78, 5) is 25.3. The van der Waals surface area contributed by atoms with Crippen LogP contribution in [0.25, 0.3) is 0 Å². The Bertz CT molecular complexity index is 792. The molecule has 25 heavy (non-hydrogen) atoms. The number of ether oxygens (including phenoxy) is 1. The zero-order valence-electron chi connectivity index (χ0n) is 13.5. The smallest absolute Gasteiger partial charge is 0.326 e. The fourth-order valence-electron chi connectivity index (χ4n) is 2.95. The number of carboxylic acid groups (broad SMARTS) is 1. The van der Waals surface area contributed by atoms with Crippen molar-refractivity contribution in [2.24, 2.45) is 0 Å². The van der Waals surface area contributed by atoms with Gasteiger partial charge in [0.05, 0.1) is 0 Å². The van der Waals surface area contributed by atoms with Crippen molar-refractivity contribution in [3.05, 3.63) is 65.5 Å². The molecule has 5 nitrogen and oxygen atoms in total. The number of rotatable bonds is 5. The Labute approximate surface area is 144 Å². The van der Waals surface area contributed by atoms with Gasteiger partial charge in [-0.1, -0.05) is 18.2 Å². The van der Waals surface area contributed by atoms with Crippen LogP contribution in [0.5, 0.6) is 5.75 Å². The highest BCUT2D eigenvalue weighted by molar-refractivity contribution is 5.97. The number of likely N-dealkylation sites (tertiary alicyclic amines) is 1. The van der Waals surface area contributed by atoms with Gasteiger partial charge in [0.1, 0.15) is 24.2 Å². The van der Waals surface area contributed by atoms with Gasteiger partial charge < -0.3 is 14.7 Å². The van der Waals surface area contributed by atoms with Crippen LogP contribution in [0.2, 0.25) is 0 Å². The van der Waals surface area contributed by atoms with E-state index in [9.17, 15) is 19.1 Å². The van der Waals surface area contributed by atoms with Crippen LogP contribution >= 0.6 is 0 Å². The van der Waals surface area contributed by atoms with E-state index >= 15 is 0 Å². The summed E-state index contributed by atoms with van der Waals surface area (Å²) in [6, 6.07) is 11.9. The largest absolute Gasteiger partial charge is 0.489 e. The Morgan fingerprint density at radius 1 is 1.20 bits per heavy atom. The number of amides is 1. The summed E-state index contributed by atoms with van der Waals surface area (Å²) in [5.74, 6) is -1.24. The third kappa shape index (κ3) is 3.96. The van der Waals surface area contributed by atoms with E-state index in [2.05, 4.69) is 0 Å². The maximum atomic E-state index is 13.2. The van der Waals surface area contributed by atoms with Gasteiger partial charge in [-0.25, -0.2) is 9.18 Å². The van der Waals surface area contributed by atoms with Crippen molar-refractivity contribution in [2.75, 3.05) is 6.54 Å². The minimum Gasteiger partial charge on any atom is -0.489 e. The lowest BCUT2D eigenvalue weighted by molar-refractivity contribution is -0.141. The first-order valence-electron chi connectivity index (χ1n) is 8.05. The molecule has 0 spiro atoms. The second-order valence-corrected chi connectivity index (χ2v) is 5.94. The molecule has 1 atom stereocenters. The van der Waals surface area contributed by atoms with Gasteiger partial charge >= 0.3 is 5.97 Å². The van der Waals surface area contributed by atoms with Crippen LogP contribution in [0.4, 0.5) is 4.39 Å². The Morgan fingerprint density at radius 2 is 2.00 bits per heavy atom. The maximum Gasteiger partial charge on any atom is 0.326 e. The molecule has 1 fully saturated rings. The highest BCUT2D eigenvalue weighted by atomic mass is 19.1. The molecule has 1 amide bonds. The fraction of sp³-hybridized carbons (Fsp3) is 0.263. The summed E-state index contributed by atoms with van der Waals surface area (Å²) in [5, 5.41) is 9.22. The SMILES string of the molecule is O=C(O)[C@H]1CCCN1C(=O)c1cccc(COc2cccc(F)c2)c1. The minimum atomic E-state index is -0.976. The van der Waals surface area contributed by atoms with Crippen molar-refractivity contribution in [1.29, 1.82) is 0 Å². The number of hydrogen-bond acceptors (Lipinski definition) is 3. The van der Waals surface area contributed by atoms with Crippen molar-refractivity contribution in [3.8, 4) is 5.75 Å². The number of carboxylic acids is 1. The molecule has 0 saturated carbocycles. The zero-order valence-corrected chi connectivity index (χ0v) is 13.5. The number of halogens is 1. The first-order valence-corrected chi connectivity index (χ1v) is 8.05. The molecular formula is C19H18FNO4. The molecule has 130 valence electrons. The van der Waals surface area contributed by atoms with E-state index in [1.807, 2.05) is 0 Å². The average molecular weight is 343 g/mol. The van der Waals surface area contributed by atoms with Crippen molar-refractivity contribution >= 4 is 11.9 Å². The molecule has 1 saturated heterocycles. The van der Waals surface area contributed by atoms with Crippen molar-refractivity contribution in [1.82, 2.24) is 4.90 Å². The highest BCUT2D eigenvalue weighted by Crippen LogP contribution is 2.21. The fourth-order valence-corrected chi connectivity index (χ4v) is 2.95. The van der Waals surface area contributed by atoms with E-state index in [-0.39, 0.29) is 18.3 Å².